The van der Waals surface area contributed by atoms with E-state index in [4.69, 9.17) is 9.47 Å². The Morgan fingerprint density at radius 1 is 1.03 bits per heavy atom. The highest BCUT2D eigenvalue weighted by molar-refractivity contribution is 5.95. The van der Waals surface area contributed by atoms with Crippen LogP contribution in [0.1, 0.15) is 15.9 Å². The van der Waals surface area contributed by atoms with Gasteiger partial charge in [-0.2, -0.15) is 0 Å². The molecule has 0 N–H and O–H groups in total. The Morgan fingerprint density at radius 3 is 2.53 bits per heavy atom. The van der Waals surface area contributed by atoms with Gasteiger partial charge in [0, 0.05) is 51.4 Å². The summed E-state index contributed by atoms with van der Waals surface area (Å²) in [5.41, 5.74) is 2.98. The summed E-state index contributed by atoms with van der Waals surface area (Å²) in [6.07, 6.45) is 0.0597. The van der Waals surface area contributed by atoms with Crippen LogP contribution in [-0.2, 0) is 4.74 Å². The van der Waals surface area contributed by atoms with Crippen molar-refractivity contribution < 1.29 is 14.3 Å². The molecule has 2 aliphatic rings. The minimum atomic E-state index is 0.0597. The summed E-state index contributed by atoms with van der Waals surface area (Å²) in [6, 6.07) is 16.0. The second-order valence-corrected chi connectivity index (χ2v) is 8.02. The molecule has 2 fully saturated rings. The van der Waals surface area contributed by atoms with Gasteiger partial charge in [-0.25, -0.2) is 0 Å². The van der Waals surface area contributed by atoms with Crippen molar-refractivity contribution in [1.29, 1.82) is 0 Å². The number of hydrogen-bond acceptors (Lipinski definition) is 5. The maximum absolute atomic E-state index is 13.0. The summed E-state index contributed by atoms with van der Waals surface area (Å²) in [4.78, 5) is 19.7. The van der Waals surface area contributed by atoms with E-state index in [0.29, 0.717) is 19.7 Å². The molecule has 2 aromatic rings. The summed E-state index contributed by atoms with van der Waals surface area (Å²) >= 11 is 0. The van der Waals surface area contributed by atoms with Crippen molar-refractivity contribution in [3.63, 3.8) is 0 Å². The van der Waals surface area contributed by atoms with E-state index in [1.807, 2.05) is 48.2 Å². The molecule has 2 heterocycles. The quantitative estimate of drug-likeness (QED) is 0.760. The van der Waals surface area contributed by atoms with Gasteiger partial charge >= 0.3 is 0 Å². The third kappa shape index (κ3) is 4.60. The molecule has 6 heteroatoms. The summed E-state index contributed by atoms with van der Waals surface area (Å²) in [6.45, 7) is 8.63. The van der Waals surface area contributed by atoms with Crippen LogP contribution >= 0.6 is 0 Å². The number of para-hydroxylation sites is 2. The van der Waals surface area contributed by atoms with E-state index < -0.39 is 0 Å². The van der Waals surface area contributed by atoms with Gasteiger partial charge in [0.1, 0.15) is 5.75 Å². The monoisotopic (exact) mass is 409 g/mol. The zero-order valence-electron chi connectivity index (χ0n) is 17.9. The van der Waals surface area contributed by atoms with Crippen LogP contribution in [0.15, 0.2) is 48.5 Å². The molecule has 6 nitrogen and oxygen atoms in total. The van der Waals surface area contributed by atoms with Crippen molar-refractivity contribution in [3.05, 3.63) is 59.7 Å². The SMILES string of the molecule is COc1ccccc1N1CCN(CC2CN(C(=O)c3ccccc3C)CCO2)CC1. The fourth-order valence-corrected chi connectivity index (χ4v) is 4.35. The summed E-state index contributed by atoms with van der Waals surface area (Å²) < 4.78 is 11.5. The molecule has 1 unspecified atom stereocenters. The lowest BCUT2D eigenvalue weighted by atomic mass is 10.1. The fourth-order valence-electron chi connectivity index (χ4n) is 4.35. The number of hydrogen-bond donors (Lipinski definition) is 0. The van der Waals surface area contributed by atoms with E-state index in [1.54, 1.807) is 7.11 Å². The molecule has 4 rings (SSSR count). The molecule has 0 bridgehead atoms. The number of morpholine rings is 1. The second kappa shape index (κ2) is 9.49. The van der Waals surface area contributed by atoms with E-state index >= 15 is 0 Å². The number of aryl methyl sites for hydroxylation is 1. The number of ether oxygens (including phenoxy) is 2. The first-order valence-electron chi connectivity index (χ1n) is 10.7. The molecule has 1 atom stereocenters. The second-order valence-electron chi connectivity index (χ2n) is 8.02. The Kier molecular flexibility index (Phi) is 6.55. The first-order chi connectivity index (χ1) is 14.7. The Balaban J connectivity index is 1.31. The maximum Gasteiger partial charge on any atom is 0.254 e. The van der Waals surface area contributed by atoms with Gasteiger partial charge in [-0.1, -0.05) is 30.3 Å². The van der Waals surface area contributed by atoms with Crippen LogP contribution < -0.4 is 9.64 Å². The summed E-state index contributed by atoms with van der Waals surface area (Å²) in [5, 5.41) is 0. The lowest BCUT2D eigenvalue weighted by molar-refractivity contribution is -0.0363. The molecule has 0 spiro atoms. The lowest BCUT2D eigenvalue weighted by Crippen LogP contribution is -2.53. The predicted molar refractivity (Wildman–Crippen MR) is 118 cm³/mol. The van der Waals surface area contributed by atoms with Gasteiger partial charge < -0.3 is 19.3 Å². The van der Waals surface area contributed by atoms with Crippen molar-refractivity contribution in [1.82, 2.24) is 9.80 Å². The van der Waals surface area contributed by atoms with E-state index in [1.165, 1.54) is 0 Å². The first kappa shape index (κ1) is 20.7. The number of carbonyl (C=O) groups excluding carboxylic acids is 1. The first-order valence-corrected chi connectivity index (χ1v) is 10.7. The molecule has 0 aliphatic carbocycles. The highest BCUT2D eigenvalue weighted by Gasteiger charge is 2.28. The smallest absolute Gasteiger partial charge is 0.254 e. The highest BCUT2D eigenvalue weighted by Crippen LogP contribution is 2.28. The average Bonchev–Trinajstić information content (AvgIpc) is 2.80. The van der Waals surface area contributed by atoms with Gasteiger partial charge in [0.25, 0.3) is 5.91 Å². The van der Waals surface area contributed by atoms with Crippen LogP contribution in [0.25, 0.3) is 0 Å². The molecule has 2 aliphatic heterocycles. The van der Waals surface area contributed by atoms with Gasteiger partial charge in [0.2, 0.25) is 0 Å². The van der Waals surface area contributed by atoms with E-state index in [0.717, 1.165) is 55.3 Å². The zero-order valence-corrected chi connectivity index (χ0v) is 17.9. The number of anilines is 1. The predicted octanol–water partition coefficient (Wildman–Crippen LogP) is 2.67. The van der Waals surface area contributed by atoms with Crippen molar-refractivity contribution in [2.45, 2.75) is 13.0 Å². The number of piperazine rings is 1. The largest absolute Gasteiger partial charge is 0.495 e. The number of methoxy groups -OCH3 is 1. The number of carbonyl (C=O) groups is 1. The van der Waals surface area contributed by atoms with Gasteiger partial charge in [-0.05, 0) is 30.7 Å². The van der Waals surface area contributed by atoms with E-state index in [9.17, 15) is 4.79 Å². The molecular formula is C24H31N3O3. The Hall–Kier alpha value is -2.57. The van der Waals surface area contributed by atoms with Crippen LogP contribution in [0.4, 0.5) is 5.69 Å². The minimum absolute atomic E-state index is 0.0597. The van der Waals surface area contributed by atoms with Gasteiger partial charge in [-0.3, -0.25) is 9.69 Å². The zero-order chi connectivity index (χ0) is 20.9. The van der Waals surface area contributed by atoms with Crippen LogP contribution in [0, 0.1) is 6.92 Å². The fraction of sp³-hybridized carbons (Fsp3) is 0.458. The molecule has 160 valence electrons. The van der Waals surface area contributed by atoms with Crippen LogP contribution in [0.2, 0.25) is 0 Å². The molecule has 0 radical (unpaired) electrons. The molecule has 30 heavy (non-hydrogen) atoms. The number of rotatable bonds is 5. The van der Waals surface area contributed by atoms with Gasteiger partial charge in [0.15, 0.2) is 0 Å². The molecule has 1 amide bonds. The number of benzene rings is 2. The normalized spacial score (nSPS) is 20.3. The molecule has 0 aromatic heterocycles. The number of amides is 1. The van der Waals surface area contributed by atoms with Crippen LogP contribution in [0.3, 0.4) is 0 Å². The Bertz CT molecular complexity index is 864. The van der Waals surface area contributed by atoms with Gasteiger partial charge in [0.05, 0.1) is 25.5 Å². The molecular weight excluding hydrogens is 378 g/mol. The third-order valence-electron chi connectivity index (χ3n) is 6.06. The van der Waals surface area contributed by atoms with Crippen molar-refractivity contribution in [3.8, 4) is 5.75 Å². The lowest BCUT2D eigenvalue weighted by Gasteiger charge is -2.40. The standard InChI is InChI=1S/C24H31N3O3/c1-19-7-3-4-8-21(19)24(28)27-15-16-30-20(18-27)17-25-11-13-26(14-12-25)22-9-5-6-10-23(22)29-2/h3-10,20H,11-18H2,1-2H3. The summed E-state index contributed by atoms with van der Waals surface area (Å²) in [7, 11) is 1.72. The molecule has 2 aromatic carbocycles. The molecule has 0 saturated carbocycles. The third-order valence-corrected chi connectivity index (χ3v) is 6.06. The topological polar surface area (TPSA) is 45.2 Å². The highest BCUT2D eigenvalue weighted by atomic mass is 16.5. The summed E-state index contributed by atoms with van der Waals surface area (Å²) in [5.74, 6) is 1.04. The molecule has 2 saturated heterocycles. The maximum atomic E-state index is 13.0. The number of nitrogens with zero attached hydrogens (tertiary/aromatic N) is 3. The van der Waals surface area contributed by atoms with Crippen LogP contribution in [0.5, 0.6) is 5.75 Å². The Morgan fingerprint density at radius 2 is 1.77 bits per heavy atom. The van der Waals surface area contributed by atoms with Gasteiger partial charge in [-0.15, -0.1) is 0 Å². The minimum Gasteiger partial charge on any atom is -0.495 e. The van der Waals surface area contributed by atoms with Crippen molar-refractivity contribution >= 4 is 11.6 Å². The van der Waals surface area contributed by atoms with Crippen molar-refractivity contribution in [2.75, 3.05) is 64.4 Å². The van der Waals surface area contributed by atoms with Crippen LogP contribution in [-0.4, -0.2) is 81.3 Å². The van der Waals surface area contributed by atoms with E-state index in [-0.39, 0.29) is 12.0 Å². The Labute approximate surface area is 179 Å². The van der Waals surface area contributed by atoms with Crippen molar-refractivity contribution in [2.24, 2.45) is 0 Å². The average molecular weight is 410 g/mol. The van der Waals surface area contributed by atoms with E-state index in [2.05, 4.69) is 21.9 Å².